The van der Waals surface area contributed by atoms with Gasteiger partial charge in [-0.25, -0.2) is 0 Å². The van der Waals surface area contributed by atoms with Crippen LogP contribution in [0, 0.1) is 6.92 Å². The molecular formula is C15H25BClNO3. The molecule has 1 aromatic rings. The molecular weight excluding hydrogens is 288 g/mol. The molecule has 0 unspecified atom stereocenters. The fourth-order valence-corrected chi connectivity index (χ4v) is 2.15. The number of rotatable bonds is 4. The number of benzene rings is 1. The Hall–Kier alpha value is -0.745. The third kappa shape index (κ3) is 3.72. The Morgan fingerprint density at radius 2 is 1.71 bits per heavy atom. The molecule has 1 heterocycles. The minimum Gasteiger partial charge on any atom is -0.492 e. The largest absolute Gasteiger partial charge is 0.495 e. The van der Waals surface area contributed by atoms with Crippen molar-refractivity contribution in [1.82, 2.24) is 0 Å². The van der Waals surface area contributed by atoms with Crippen LogP contribution in [-0.2, 0) is 9.31 Å². The lowest BCUT2D eigenvalue weighted by molar-refractivity contribution is 0.00578. The summed E-state index contributed by atoms with van der Waals surface area (Å²) in [6.45, 7) is 11.3. The van der Waals surface area contributed by atoms with Crippen LogP contribution in [0.25, 0.3) is 0 Å². The Morgan fingerprint density at radius 1 is 1.14 bits per heavy atom. The van der Waals surface area contributed by atoms with Crippen LogP contribution >= 0.6 is 12.4 Å². The van der Waals surface area contributed by atoms with E-state index in [1.807, 2.05) is 25.1 Å². The first kappa shape index (κ1) is 18.3. The molecule has 0 aromatic heterocycles. The second-order valence-corrected chi connectivity index (χ2v) is 6.24. The van der Waals surface area contributed by atoms with Gasteiger partial charge in [0.05, 0.1) is 11.2 Å². The van der Waals surface area contributed by atoms with Crippen LogP contribution in [0.2, 0.25) is 0 Å². The van der Waals surface area contributed by atoms with Gasteiger partial charge in [0.2, 0.25) is 0 Å². The number of nitrogens with two attached hydrogens (primary N) is 1. The van der Waals surface area contributed by atoms with E-state index in [0.29, 0.717) is 13.2 Å². The average Bonchev–Trinajstić information content (AvgIpc) is 2.55. The summed E-state index contributed by atoms with van der Waals surface area (Å²) in [5.41, 5.74) is 6.94. The lowest BCUT2D eigenvalue weighted by Crippen LogP contribution is -2.41. The minimum atomic E-state index is -0.330. The van der Waals surface area contributed by atoms with Crippen molar-refractivity contribution >= 4 is 25.0 Å². The molecule has 1 aliphatic heterocycles. The number of halogens is 1. The van der Waals surface area contributed by atoms with E-state index in [9.17, 15) is 0 Å². The van der Waals surface area contributed by atoms with E-state index < -0.39 is 0 Å². The van der Waals surface area contributed by atoms with Crippen LogP contribution in [-0.4, -0.2) is 31.5 Å². The Bertz CT molecular complexity index is 478. The quantitative estimate of drug-likeness (QED) is 0.865. The Labute approximate surface area is 133 Å². The van der Waals surface area contributed by atoms with Gasteiger partial charge in [0.25, 0.3) is 0 Å². The normalized spacial score (nSPS) is 19.2. The van der Waals surface area contributed by atoms with E-state index in [-0.39, 0.29) is 30.7 Å². The van der Waals surface area contributed by atoms with Gasteiger partial charge in [0.1, 0.15) is 12.4 Å². The van der Waals surface area contributed by atoms with E-state index in [1.54, 1.807) is 0 Å². The molecule has 0 radical (unpaired) electrons. The molecule has 21 heavy (non-hydrogen) atoms. The summed E-state index contributed by atoms with van der Waals surface area (Å²) >= 11 is 0. The SMILES string of the molecule is Cc1cc(OCCN)ccc1B1OC(C)(C)C(C)(C)O1.Cl. The van der Waals surface area contributed by atoms with Gasteiger partial charge in [-0.05, 0) is 57.8 Å². The van der Waals surface area contributed by atoms with Crippen molar-refractivity contribution in [3.63, 3.8) is 0 Å². The topological polar surface area (TPSA) is 53.7 Å². The number of ether oxygens (including phenoxy) is 1. The van der Waals surface area contributed by atoms with Gasteiger partial charge in [0, 0.05) is 6.54 Å². The van der Waals surface area contributed by atoms with Crippen LogP contribution in [0.1, 0.15) is 33.3 Å². The van der Waals surface area contributed by atoms with Gasteiger partial charge >= 0.3 is 7.12 Å². The van der Waals surface area contributed by atoms with E-state index in [4.69, 9.17) is 19.8 Å². The second-order valence-electron chi connectivity index (χ2n) is 6.24. The maximum absolute atomic E-state index is 6.07. The summed E-state index contributed by atoms with van der Waals surface area (Å²) in [5, 5.41) is 0. The van der Waals surface area contributed by atoms with Crippen molar-refractivity contribution in [1.29, 1.82) is 0 Å². The van der Waals surface area contributed by atoms with Gasteiger partial charge in [-0.3, -0.25) is 0 Å². The average molecular weight is 314 g/mol. The molecule has 2 rings (SSSR count). The highest BCUT2D eigenvalue weighted by atomic mass is 35.5. The zero-order valence-electron chi connectivity index (χ0n) is 13.4. The Balaban J connectivity index is 0.00000220. The monoisotopic (exact) mass is 313 g/mol. The smallest absolute Gasteiger partial charge is 0.492 e. The molecule has 0 atom stereocenters. The first-order valence-corrected chi connectivity index (χ1v) is 7.06. The molecule has 4 nitrogen and oxygen atoms in total. The molecule has 1 aromatic carbocycles. The van der Waals surface area contributed by atoms with Gasteiger partial charge in [0.15, 0.2) is 0 Å². The first-order valence-electron chi connectivity index (χ1n) is 7.06. The van der Waals surface area contributed by atoms with Crippen LogP contribution in [0.3, 0.4) is 0 Å². The van der Waals surface area contributed by atoms with E-state index in [0.717, 1.165) is 16.8 Å². The van der Waals surface area contributed by atoms with Crippen LogP contribution < -0.4 is 15.9 Å². The van der Waals surface area contributed by atoms with E-state index in [2.05, 4.69) is 27.7 Å². The Kier molecular flexibility index (Phi) is 5.73. The molecule has 0 bridgehead atoms. The van der Waals surface area contributed by atoms with Crippen molar-refractivity contribution in [2.45, 2.75) is 45.8 Å². The van der Waals surface area contributed by atoms with Crippen molar-refractivity contribution < 1.29 is 14.0 Å². The van der Waals surface area contributed by atoms with Crippen LogP contribution in [0.15, 0.2) is 18.2 Å². The molecule has 1 fully saturated rings. The Morgan fingerprint density at radius 3 is 2.19 bits per heavy atom. The van der Waals surface area contributed by atoms with Crippen molar-refractivity contribution in [3.05, 3.63) is 23.8 Å². The van der Waals surface area contributed by atoms with Crippen molar-refractivity contribution in [2.24, 2.45) is 5.73 Å². The summed E-state index contributed by atoms with van der Waals surface area (Å²) in [7, 11) is -0.330. The molecule has 0 saturated carbocycles. The number of aryl methyl sites for hydroxylation is 1. The maximum atomic E-state index is 6.07. The van der Waals surface area contributed by atoms with Crippen molar-refractivity contribution in [3.8, 4) is 5.75 Å². The highest BCUT2D eigenvalue weighted by molar-refractivity contribution is 6.62. The molecule has 6 heteroatoms. The first-order chi connectivity index (χ1) is 9.27. The third-order valence-corrected chi connectivity index (χ3v) is 4.14. The molecule has 2 N–H and O–H groups in total. The minimum absolute atomic E-state index is 0. The summed E-state index contributed by atoms with van der Waals surface area (Å²) < 4.78 is 17.7. The molecule has 118 valence electrons. The summed E-state index contributed by atoms with van der Waals surface area (Å²) in [6, 6.07) is 5.93. The van der Waals surface area contributed by atoms with Gasteiger partial charge in [-0.2, -0.15) is 0 Å². The standard InChI is InChI=1S/C15H24BNO3.ClH/c1-11-10-12(18-9-8-17)6-7-13(11)16-19-14(2,3)15(4,5)20-16;/h6-7,10H,8-9,17H2,1-5H3;1H. The molecule has 0 spiro atoms. The second kappa shape index (κ2) is 6.57. The zero-order valence-corrected chi connectivity index (χ0v) is 14.3. The van der Waals surface area contributed by atoms with Crippen LogP contribution in [0.4, 0.5) is 0 Å². The van der Waals surface area contributed by atoms with Gasteiger partial charge < -0.3 is 19.8 Å². The highest BCUT2D eigenvalue weighted by Crippen LogP contribution is 2.36. The summed E-state index contributed by atoms with van der Waals surface area (Å²) in [6.07, 6.45) is 0. The van der Waals surface area contributed by atoms with E-state index in [1.165, 1.54) is 0 Å². The molecule has 1 saturated heterocycles. The summed E-state index contributed by atoms with van der Waals surface area (Å²) in [4.78, 5) is 0. The van der Waals surface area contributed by atoms with Crippen LogP contribution in [0.5, 0.6) is 5.75 Å². The lowest BCUT2D eigenvalue weighted by atomic mass is 9.76. The molecule has 1 aliphatic rings. The van der Waals surface area contributed by atoms with E-state index >= 15 is 0 Å². The molecule has 0 aliphatic carbocycles. The highest BCUT2D eigenvalue weighted by Gasteiger charge is 2.52. The number of hydrogen-bond donors (Lipinski definition) is 1. The fraction of sp³-hybridized carbons (Fsp3) is 0.600. The third-order valence-electron chi connectivity index (χ3n) is 4.14. The predicted octanol–water partition coefficient (Wildman–Crippen LogP) is 2.05. The molecule has 0 amide bonds. The lowest BCUT2D eigenvalue weighted by Gasteiger charge is -2.32. The zero-order chi connectivity index (χ0) is 15.0. The number of hydrogen-bond acceptors (Lipinski definition) is 4. The van der Waals surface area contributed by atoms with Gasteiger partial charge in [-0.1, -0.05) is 6.07 Å². The van der Waals surface area contributed by atoms with Crippen molar-refractivity contribution in [2.75, 3.05) is 13.2 Å². The fourth-order valence-electron chi connectivity index (χ4n) is 2.15. The maximum Gasteiger partial charge on any atom is 0.495 e. The van der Waals surface area contributed by atoms with Gasteiger partial charge in [-0.15, -0.1) is 12.4 Å². The summed E-state index contributed by atoms with van der Waals surface area (Å²) in [5.74, 6) is 0.827. The predicted molar refractivity (Wildman–Crippen MR) is 88.7 cm³/mol.